The van der Waals surface area contributed by atoms with Gasteiger partial charge < -0.3 is 23.8 Å². The van der Waals surface area contributed by atoms with Crippen molar-refractivity contribution in [2.75, 3.05) is 40.5 Å². The van der Waals surface area contributed by atoms with Crippen LogP contribution in [-0.2, 0) is 33.3 Å². The highest BCUT2D eigenvalue weighted by molar-refractivity contribution is 5.71. The van der Waals surface area contributed by atoms with Crippen LogP contribution in [-0.4, -0.2) is 75.5 Å². The molecule has 0 fully saturated rings. The number of rotatable bonds is 44. The number of carbonyl (C=O) groups is 3. The van der Waals surface area contributed by atoms with E-state index in [1.54, 1.807) is 0 Å². The molecular formula is C50H97NO7. The second kappa shape index (κ2) is 42.0. The quantitative estimate of drug-likeness (QED) is 0.0341. The van der Waals surface area contributed by atoms with Gasteiger partial charge in [0.15, 0.2) is 0 Å². The van der Waals surface area contributed by atoms with Crippen LogP contribution >= 0.6 is 0 Å². The summed E-state index contributed by atoms with van der Waals surface area (Å²) in [6, 6.07) is 0. The Morgan fingerprint density at radius 1 is 0.448 bits per heavy atom. The molecule has 1 unspecified atom stereocenters. The summed E-state index contributed by atoms with van der Waals surface area (Å²) in [6.07, 6.45) is 34.9. The van der Waals surface area contributed by atoms with E-state index in [2.05, 4.69) is 27.7 Å². The van der Waals surface area contributed by atoms with Gasteiger partial charge in [0.2, 0.25) is 0 Å². The normalized spacial score (nSPS) is 12.3. The Labute approximate surface area is 359 Å². The number of hydrogen-bond acceptors (Lipinski definition) is 8. The maximum Gasteiger partial charge on any atom is 0.332 e. The Morgan fingerprint density at radius 2 is 0.810 bits per heavy atom. The molecule has 8 nitrogen and oxygen atoms in total. The largest absolute Gasteiger partial charge is 0.466 e. The van der Waals surface area contributed by atoms with Gasteiger partial charge in [0.05, 0.1) is 19.3 Å². The average molecular weight is 824 g/mol. The number of ether oxygens (including phenoxy) is 4. The maximum absolute atomic E-state index is 12.7. The smallest absolute Gasteiger partial charge is 0.332 e. The van der Waals surface area contributed by atoms with Gasteiger partial charge in [-0.1, -0.05) is 169 Å². The Balaban J connectivity index is 4.47. The number of likely N-dealkylation sites (N-methyl/N-ethyl adjacent to an activating group) is 1. The monoisotopic (exact) mass is 824 g/mol. The fourth-order valence-electron chi connectivity index (χ4n) is 8.02. The standard InChI is InChI=1S/C50H97NO7/c1-8-12-22-30-45(31-23-13-9-2)38-40-55-48(52)36-28-20-16-18-26-34-47(58-50(54)43-57-44(5)42-51(6)7)35-27-19-17-21-29-37-49(53)56-41-39-46(32-24-14-10-3)33-25-15-11-4/h44-47H,8-43H2,1-7H3. The first-order valence-corrected chi connectivity index (χ1v) is 24.9. The third-order valence-corrected chi connectivity index (χ3v) is 11.7. The average Bonchev–Trinajstić information content (AvgIpc) is 3.18. The van der Waals surface area contributed by atoms with E-state index in [-0.39, 0.29) is 36.7 Å². The van der Waals surface area contributed by atoms with E-state index >= 15 is 0 Å². The second-order valence-electron chi connectivity index (χ2n) is 17.8. The number of nitrogens with zero attached hydrogens (tertiary/aromatic N) is 1. The molecule has 8 heteroatoms. The van der Waals surface area contributed by atoms with E-state index in [1.165, 1.54) is 103 Å². The minimum Gasteiger partial charge on any atom is -0.466 e. The van der Waals surface area contributed by atoms with Crippen molar-refractivity contribution in [3.8, 4) is 0 Å². The lowest BCUT2D eigenvalue weighted by Crippen LogP contribution is -2.29. The zero-order valence-corrected chi connectivity index (χ0v) is 39.6. The first-order chi connectivity index (χ1) is 28.1. The summed E-state index contributed by atoms with van der Waals surface area (Å²) in [5.41, 5.74) is 0. The van der Waals surface area contributed by atoms with E-state index in [0.717, 1.165) is 96.4 Å². The molecule has 0 spiro atoms. The van der Waals surface area contributed by atoms with Crippen LogP contribution in [0.5, 0.6) is 0 Å². The third kappa shape index (κ3) is 38.5. The summed E-state index contributed by atoms with van der Waals surface area (Å²) in [6.45, 7) is 12.9. The van der Waals surface area contributed by atoms with Crippen molar-refractivity contribution in [1.29, 1.82) is 0 Å². The first-order valence-electron chi connectivity index (χ1n) is 24.9. The van der Waals surface area contributed by atoms with Crippen LogP contribution in [0, 0.1) is 11.8 Å². The zero-order chi connectivity index (χ0) is 42.9. The van der Waals surface area contributed by atoms with E-state index in [0.29, 0.717) is 37.9 Å². The topological polar surface area (TPSA) is 91.4 Å². The molecule has 0 N–H and O–H groups in total. The van der Waals surface area contributed by atoms with Crippen LogP contribution in [0.4, 0.5) is 0 Å². The summed E-state index contributed by atoms with van der Waals surface area (Å²) >= 11 is 0. The molecule has 0 saturated heterocycles. The van der Waals surface area contributed by atoms with Crippen molar-refractivity contribution in [3.63, 3.8) is 0 Å². The van der Waals surface area contributed by atoms with Gasteiger partial charge in [-0.3, -0.25) is 9.59 Å². The fraction of sp³-hybridized carbons (Fsp3) is 0.940. The zero-order valence-electron chi connectivity index (χ0n) is 39.6. The van der Waals surface area contributed by atoms with Crippen LogP contribution in [0.15, 0.2) is 0 Å². The molecule has 0 bridgehead atoms. The van der Waals surface area contributed by atoms with E-state index < -0.39 is 0 Å². The van der Waals surface area contributed by atoms with E-state index in [4.69, 9.17) is 18.9 Å². The van der Waals surface area contributed by atoms with Crippen molar-refractivity contribution in [2.24, 2.45) is 11.8 Å². The van der Waals surface area contributed by atoms with Crippen LogP contribution < -0.4 is 0 Å². The molecule has 0 aromatic rings. The van der Waals surface area contributed by atoms with Gasteiger partial charge >= 0.3 is 17.9 Å². The number of hydrogen-bond donors (Lipinski definition) is 0. The molecule has 0 aromatic carbocycles. The Bertz CT molecular complexity index is 852. The van der Waals surface area contributed by atoms with E-state index in [9.17, 15) is 14.4 Å². The number of unbranched alkanes of at least 4 members (excludes halogenated alkanes) is 16. The van der Waals surface area contributed by atoms with Crippen LogP contribution in [0.2, 0.25) is 0 Å². The molecule has 1 atom stereocenters. The molecule has 0 rings (SSSR count). The summed E-state index contributed by atoms with van der Waals surface area (Å²) < 4.78 is 23.0. The summed E-state index contributed by atoms with van der Waals surface area (Å²) in [5, 5.41) is 0. The number of esters is 3. The third-order valence-electron chi connectivity index (χ3n) is 11.7. The van der Waals surface area contributed by atoms with Gasteiger partial charge in [0.1, 0.15) is 12.7 Å². The predicted octanol–water partition coefficient (Wildman–Crippen LogP) is 13.7. The lowest BCUT2D eigenvalue weighted by molar-refractivity contribution is -0.157. The molecule has 344 valence electrons. The highest BCUT2D eigenvalue weighted by atomic mass is 16.6. The highest BCUT2D eigenvalue weighted by Gasteiger charge is 2.17. The number of carbonyl (C=O) groups excluding carboxylic acids is 3. The van der Waals surface area contributed by atoms with Gasteiger partial charge in [0, 0.05) is 19.4 Å². The molecule has 0 heterocycles. The van der Waals surface area contributed by atoms with Crippen LogP contribution in [0.1, 0.15) is 240 Å². The molecule has 58 heavy (non-hydrogen) atoms. The van der Waals surface area contributed by atoms with Gasteiger partial charge in [-0.15, -0.1) is 0 Å². The fourth-order valence-corrected chi connectivity index (χ4v) is 8.02. The Kier molecular flexibility index (Phi) is 40.8. The van der Waals surface area contributed by atoms with Crippen molar-refractivity contribution in [3.05, 3.63) is 0 Å². The second-order valence-corrected chi connectivity index (χ2v) is 17.8. The minimum atomic E-state index is -0.283. The Hall–Kier alpha value is -1.67. The van der Waals surface area contributed by atoms with Crippen LogP contribution in [0.25, 0.3) is 0 Å². The van der Waals surface area contributed by atoms with E-state index in [1.807, 2.05) is 25.9 Å². The van der Waals surface area contributed by atoms with Crippen molar-refractivity contribution in [2.45, 2.75) is 252 Å². The van der Waals surface area contributed by atoms with Crippen LogP contribution in [0.3, 0.4) is 0 Å². The minimum absolute atomic E-state index is 0.0194. The molecule has 0 radical (unpaired) electrons. The first kappa shape index (κ1) is 56.3. The molecule has 0 aliphatic heterocycles. The lowest BCUT2D eigenvalue weighted by Gasteiger charge is -2.20. The maximum atomic E-state index is 12.7. The van der Waals surface area contributed by atoms with Crippen molar-refractivity contribution >= 4 is 17.9 Å². The molecular weight excluding hydrogens is 727 g/mol. The van der Waals surface area contributed by atoms with Gasteiger partial charge in [-0.2, -0.15) is 0 Å². The predicted molar refractivity (Wildman–Crippen MR) is 243 cm³/mol. The highest BCUT2D eigenvalue weighted by Crippen LogP contribution is 2.23. The Morgan fingerprint density at radius 3 is 1.19 bits per heavy atom. The van der Waals surface area contributed by atoms with Gasteiger partial charge in [-0.25, -0.2) is 4.79 Å². The summed E-state index contributed by atoms with van der Waals surface area (Å²) in [5.74, 6) is 0.982. The summed E-state index contributed by atoms with van der Waals surface area (Å²) in [7, 11) is 3.99. The SMILES string of the molecule is CCCCCC(CCCCC)CCOC(=O)CCCCCCCC(CCCCCCCC(=O)OCCC(CCCCC)CCCCC)OC(=O)COC(C)CN(C)C. The molecule has 0 amide bonds. The molecule has 0 aliphatic carbocycles. The summed E-state index contributed by atoms with van der Waals surface area (Å²) in [4.78, 5) is 39.6. The van der Waals surface area contributed by atoms with Gasteiger partial charge in [0.25, 0.3) is 0 Å². The molecule has 0 saturated carbocycles. The molecule has 0 aliphatic rings. The molecule has 0 aromatic heterocycles. The van der Waals surface area contributed by atoms with Crippen molar-refractivity contribution in [1.82, 2.24) is 4.90 Å². The lowest BCUT2D eigenvalue weighted by atomic mass is 9.92. The van der Waals surface area contributed by atoms with Gasteiger partial charge in [-0.05, 0) is 84.2 Å². The van der Waals surface area contributed by atoms with Crippen molar-refractivity contribution < 1.29 is 33.3 Å².